The molecule has 2 N–H and O–H groups in total. The molecular weight excluding hydrogens is 368 g/mol. The van der Waals surface area contributed by atoms with Crippen molar-refractivity contribution in [2.45, 2.75) is 26.6 Å². The number of nitrogens with one attached hydrogen (secondary N) is 2. The standard InChI is InChI=1S/C22H24N4O3/c1-16-23-9-10-26(16)14-18-6-3-5-17(11-18)13-24-21(27)22(28)25-20-8-4-7-19(12-20)15-29-2/h3-12H,13-15H2,1-2H3,(H,24,27)(H,25,28). The highest BCUT2D eigenvalue weighted by atomic mass is 16.5. The Kier molecular flexibility index (Phi) is 6.76. The van der Waals surface area contributed by atoms with E-state index in [1.54, 1.807) is 31.5 Å². The summed E-state index contributed by atoms with van der Waals surface area (Å²) in [5.41, 5.74) is 3.48. The van der Waals surface area contributed by atoms with Gasteiger partial charge in [0.1, 0.15) is 5.82 Å². The molecule has 0 bridgehead atoms. The van der Waals surface area contributed by atoms with Crippen molar-refractivity contribution in [2.75, 3.05) is 12.4 Å². The van der Waals surface area contributed by atoms with Gasteiger partial charge in [-0.05, 0) is 35.7 Å². The maximum Gasteiger partial charge on any atom is 0.313 e. The average Bonchev–Trinajstić information content (AvgIpc) is 3.11. The number of rotatable bonds is 7. The molecule has 3 aromatic rings. The van der Waals surface area contributed by atoms with Gasteiger partial charge >= 0.3 is 11.8 Å². The molecule has 0 saturated carbocycles. The Morgan fingerprint density at radius 3 is 2.55 bits per heavy atom. The van der Waals surface area contributed by atoms with Crippen molar-refractivity contribution >= 4 is 17.5 Å². The van der Waals surface area contributed by atoms with Gasteiger partial charge in [-0.15, -0.1) is 0 Å². The van der Waals surface area contributed by atoms with Crippen LogP contribution in [0.25, 0.3) is 0 Å². The number of aromatic nitrogens is 2. The largest absolute Gasteiger partial charge is 0.380 e. The van der Waals surface area contributed by atoms with Crippen LogP contribution in [-0.4, -0.2) is 28.5 Å². The van der Waals surface area contributed by atoms with Crippen LogP contribution in [0.2, 0.25) is 0 Å². The molecule has 0 radical (unpaired) electrons. The zero-order valence-corrected chi connectivity index (χ0v) is 16.5. The number of aryl methyl sites for hydroxylation is 1. The fourth-order valence-corrected chi connectivity index (χ4v) is 2.96. The molecule has 0 atom stereocenters. The summed E-state index contributed by atoms with van der Waals surface area (Å²) in [4.78, 5) is 28.5. The Bertz CT molecular complexity index is 997. The van der Waals surface area contributed by atoms with Crippen LogP contribution in [0, 0.1) is 6.92 Å². The molecule has 0 spiro atoms. The number of ether oxygens (including phenoxy) is 1. The van der Waals surface area contributed by atoms with Crippen molar-refractivity contribution in [3.63, 3.8) is 0 Å². The van der Waals surface area contributed by atoms with Gasteiger partial charge in [0.25, 0.3) is 0 Å². The summed E-state index contributed by atoms with van der Waals surface area (Å²) < 4.78 is 7.12. The van der Waals surface area contributed by atoms with E-state index in [0.717, 1.165) is 22.5 Å². The van der Waals surface area contributed by atoms with E-state index in [1.807, 2.05) is 48.0 Å². The van der Waals surface area contributed by atoms with Crippen LogP contribution >= 0.6 is 0 Å². The first-order chi connectivity index (χ1) is 14.0. The molecule has 7 nitrogen and oxygen atoms in total. The molecule has 1 aromatic heterocycles. The highest BCUT2D eigenvalue weighted by molar-refractivity contribution is 6.39. The van der Waals surface area contributed by atoms with E-state index in [4.69, 9.17) is 4.74 Å². The number of carbonyl (C=O) groups excluding carboxylic acids is 2. The number of methoxy groups -OCH3 is 1. The first-order valence-corrected chi connectivity index (χ1v) is 9.28. The number of nitrogens with zero attached hydrogens (tertiary/aromatic N) is 2. The molecule has 29 heavy (non-hydrogen) atoms. The minimum absolute atomic E-state index is 0.271. The number of hydrogen-bond donors (Lipinski definition) is 2. The second-order valence-electron chi connectivity index (χ2n) is 6.69. The number of carbonyl (C=O) groups is 2. The zero-order chi connectivity index (χ0) is 20.6. The van der Waals surface area contributed by atoms with E-state index >= 15 is 0 Å². The molecule has 1 heterocycles. The van der Waals surface area contributed by atoms with Crippen LogP contribution < -0.4 is 10.6 Å². The summed E-state index contributed by atoms with van der Waals surface area (Å²) in [5, 5.41) is 5.27. The number of amides is 2. The first kappa shape index (κ1) is 20.3. The molecule has 0 aliphatic heterocycles. The van der Waals surface area contributed by atoms with Gasteiger partial charge < -0.3 is 19.9 Å². The van der Waals surface area contributed by atoms with Gasteiger partial charge in [0.05, 0.1) is 6.61 Å². The number of anilines is 1. The van der Waals surface area contributed by atoms with Crippen LogP contribution in [0.3, 0.4) is 0 Å². The van der Waals surface area contributed by atoms with Gasteiger partial charge in [-0.3, -0.25) is 9.59 Å². The van der Waals surface area contributed by atoms with E-state index in [2.05, 4.69) is 15.6 Å². The van der Waals surface area contributed by atoms with E-state index < -0.39 is 11.8 Å². The zero-order valence-electron chi connectivity index (χ0n) is 16.5. The molecule has 7 heteroatoms. The third-order valence-corrected chi connectivity index (χ3v) is 4.42. The minimum Gasteiger partial charge on any atom is -0.380 e. The lowest BCUT2D eigenvalue weighted by Crippen LogP contribution is -2.35. The number of benzene rings is 2. The predicted octanol–water partition coefficient (Wildman–Crippen LogP) is 2.64. The lowest BCUT2D eigenvalue weighted by Gasteiger charge is -2.10. The smallest absolute Gasteiger partial charge is 0.313 e. The van der Waals surface area contributed by atoms with Gasteiger partial charge in [0, 0.05) is 38.3 Å². The van der Waals surface area contributed by atoms with Crippen LogP contribution in [0.1, 0.15) is 22.5 Å². The van der Waals surface area contributed by atoms with Crippen LogP contribution in [0.15, 0.2) is 60.9 Å². The lowest BCUT2D eigenvalue weighted by atomic mass is 10.1. The Balaban J connectivity index is 1.54. The molecule has 0 saturated heterocycles. The van der Waals surface area contributed by atoms with Gasteiger partial charge in [-0.25, -0.2) is 4.98 Å². The summed E-state index contributed by atoms with van der Waals surface area (Å²) >= 11 is 0. The second kappa shape index (κ2) is 9.66. The van der Waals surface area contributed by atoms with Crippen LogP contribution in [0.4, 0.5) is 5.69 Å². The summed E-state index contributed by atoms with van der Waals surface area (Å²) in [5.74, 6) is -0.447. The molecule has 0 fully saturated rings. The van der Waals surface area contributed by atoms with E-state index in [0.29, 0.717) is 18.8 Å². The number of hydrogen-bond acceptors (Lipinski definition) is 4. The van der Waals surface area contributed by atoms with Gasteiger partial charge in [0.2, 0.25) is 0 Å². The summed E-state index contributed by atoms with van der Waals surface area (Å²) in [6, 6.07) is 15.1. The third kappa shape index (κ3) is 5.76. The molecule has 0 aliphatic rings. The summed E-state index contributed by atoms with van der Waals surface area (Å²) in [6.45, 7) is 3.36. The Morgan fingerprint density at radius 2 is 1.79 bits per heavy atom. The van der Waals surface area contributed by atoms with E-state index in [-0.39, 0.29) is 6.54 Å². The van der Waals surface area contributed by atoms with Crippen LogP contribution in [0.5, 0.6) is 0 Å². The summed E-state index contributed by atoms with van der Waals surface area (Å²) in [7, 11) is 1.60. The molecule has 3 rings (SSSR count). The van der Waals surface area contributed by atoms with Crippen molar-refractivity contribution in [3.8, 4) is 0 Å². The van der Waals surface area contributed by atoms with E-state index in [9.17, 15) is 9.59 Å². The molecule has 0 aliphatic carbocycles. The molecule has 0 unspecified atom stereocenters. The first-order valence-electron chi connectivity index (χ1n) is 9.28. The Morgan fingerprint density at radius 1 is 1.03 bits per heavy atom. The van der Waals surface area contributed by atoms with Crippen molar-refractivity contribution < 1.29 is 14.3 Å². The minimum atomic E-state index is -0.704. The second-order valence-corrected chi connectivity index (χ2v) is 6.69. The Labute approximate surface area is 169 Å². The topological polar surface area (TPSA) is 85.2 Å². The monoisotopic (exact) mass is 392 g/mol. The summed E-state index contributed by atoms with van der Waals surface area (Å²) in [6.07, 6.45) is 3.69. The predicted molar refractivity (Wildman–Crippen MR) is 110 cm³/mol. The fraction of sp³-hybridized carbons (Fsp3) is 0.227. The van der Waals surface area contributed by atoms with Gasteiger partial charge in [-0.1, -0.05) is 36.4 Å². The maximum atomic E-state index is 12.2. The van der Waals surface area contributed by atoms with Gasteiger partial charge in [-0.2, -0.15) is 0 Å². The highest BCUT2D eigenvalue weighted by Crippen LogP contribution is 2.12. The normalized spacial score (nSPS) is 10.6. The molecule has 150 valence electrons. The Hall–Kier alpha value is -3.45. The van der Waals surface area contributed by atoms with Crippen molar-refractivity contribution in [1.82, 2.24) is 14.9 Å². The van der Waals surface area contributed by atoms with Crippen LogP contribution in [-0.2, 0) is 34.0 Å². The molecular formula is C22H24N4O3. The molecule has 2 aromatic carbocycles. The molecule has 2 amide bonds. The quantitative estimate of drug-likeness (QED) is 0.606. The lowest BCUT2D eigenvalue weighted by molar-refractivity contribution is -0.136. The number of imidazole rings is 1. The van der Waals surface area contributed by atoms with Gasteiger partial charge in [0.15, 0.2) is 0 Å². The fourth-order valence-electron chi connectivity index (χ4n) is 2.96. The van der Waals surface area contributed by atoms with Crippen molar-refractivity contribution in [3.05, 3.63) is 83.4 Å². The van der Waals surface area contributed by atoms with Crippen molar-refractivity contribution in [1.29, 1.82) is 0 Å². The third-order valence-electron chi connectivity index (χ3n) is 4.42. The average molecular weight is 392 g/mol. The SMILES string of the molecule is COCc1cccc(NC(=O)C(=O)NCc2cccc(Cn3ccnc3C)c2)c1. The van der Waals surface area contributed by atoms with Crippen molar-refractivity contribution in [2.24, 2.45) is 0 Å². The highest BCUT2D eigenvalue weighted by Gasteiger charge is 2.13. The van der Waals surface area contributed by atoms with E-state index in [1.165, 1.54) is 0 Å². The maximum absolute atomic E-state index is 12.2.